The van der Waals surface area contributed by atoms with E-state index in [1.54, 1.807) is 37.4 Å². The number of aliphatic hydroxyl groups excluding tert-OH is 1. The van der Waals surface area contributed by atoms with Crippen molar-refractivity contribution in [1.29, 1.82) is 0 Å². The van der Waals surface area contributed by atoms with Gasteiger partial charge < -0.3 is 19.5 Å². The van der Waals surface area contributed by atoms with E-state index in [1.807, 2.05) is 0 Å². The fraction of sp³-hybridized carbons (Fsp3) is 0.333. The molecule has 26 heavy (non-hydrogen) atoms. The normalized spacial score (nSPS) is 21.3. The number of nitrogens with zero attached hydrogens (tertiary/aromatic N) is 2. The van der Waals surface area contributed by atoms with Crippen LogP contribution in [0.1, 0.15) is 15.9 Å². The minimum Gasteiger partial charge on any atom is -0.454 e. The van der Waals surface area contributed by atoms with Crippen LogP contribution < -0.4 is 15.0 Å². The van der Waals surface area contributed by atoms with Crippen molar-refractivity contribution < 1.29 is 23.8 Å². The molecule has 4 rings (SSSR count). The molecule has 2 aliphatic rings. The third-order valence-corrected chi connectivity index (χ3v) is 4.66. The maximum absolute atomic E-state index is 13.6. The topological polar surface area (TPSA) is 81.0 Å². The number of amides is 1. The number of β-amino-alcohol motifs (C(OH)–C–C–N with tert-alkyl or cyclic N) is 1. The lowest BCUT2D eigenvalue weighted by Crippen LogP contribution is -2.36. The fourth-order valence-corrected chi connectivity index (χ4v) is 3.20. The van der Waals surface area contributed by atoms with Gasteiger partial charge in [-0.15, -0.1) is 0 Å². The number of fused-ring (bicyclic) bond motifs is 1. The maximum atomic E-state index is 13.6. The van der Waals surface area contributed by atoms with Crippen molar-refractivity contribution >= 4 is 5.91 Å². The molecule has 0 saturated carbocycles. The van der Waals surface area contributed by atoms with Gasteiger partial charge in [0.15, 0.2) is 11.5 Å². The molecule has 0 aliphatic carbocycles. The van der Waals surface area contributed by atoms with Gasteiger partial charge in [0.2, 0.25) is 6.79 Å². The van der Waals surface area contributed by atoms with E-state index in [-0.39, 0.29) is 25.4 Å². The Morgan fingerprint density at radius 3 is 2.73 bits per heavy atom. The number of aryl methyl sites for hydroxylation is 1. The van der Waals surface area contributed by atoms with Gasteiger partial charge in [-0.2, -0.15) is 0 Å². The lowest BCUT2D eigenvalue weighted by molar-refractivity contribution is 0.0761. The molecule has 8 heteroatoms. The number of carbonyl (C=O) groups is 1. The molecule has 2 aliphatic heterocycles. The van der Waals surface area contributed by atoms with Gasteiger partial charge in [0.05, 0.1) is 12.2 Å². The number of rotatable bonds is 2. The number of hydrogen-bond acceptors (Lipinski definition) is 5. The van der Waals surface area contributed by atoms with E-state index in [2.05, 4.69) is 0 Å². The van der Waals surface area contributed by atoms with Gasteiger partial charge in [-0.3, -0.25) is 14.2 Å². The van der Waals surface area contributed by atoms with Crippen molar-refractivity contribution in [3.8, 4) is 17.2 Å². The molecule has 1 amide bonds. The van der Waals surface area contributed by atoms with E-state index >= 15 is 0 Å². The molecule has 0 unspecified atom stereocenters. The van der Waals surface area contributed by atoms with Crippen LogP contribution in [0.3, 0.4) is 0 Å². The summed E-state index contributed by atoms with van der Waals surface area (Å²) in [6.07, 6.45) is -1.15. The Hall–Kier alpha value is -2.87. The van der Waals surface area contributed by atoms with Gasteiger partial charge >= 0.3 is 0 Å². The molecule has 0 bridgehead atoms. The molecule has 1 aromatic carbocycles. The van der Waals surface area contributed by atoms with E-state index < -0.39 is 23.7 Å². The number of ether oxygens (including phenoxy) is 2. The molecule has 0 spiro atoms. The summed E-state index contributed by atoms with van der Waals surface area (Å²) in [7, 11) is 0. The van der Waals surface area contributed by atoms with Crippen molar-refractivity contribution in [2.75, 3.05) is 19.9 Å². The highest BCUT2D eigenvalue weighted by Crippen LogP contribution is 2.33. The van der Waals surface area contributed by atoms with Gasteiger partial charge in [0.25, 0.3) is 11.5 Å². The summed E-state index contributed by atoms with van der Waals surface area (Å²) in [5.74, 6) is 0.526. The Kier molecular flexibility index (Phi) is 3.91. The van der Waals surface area contributed by atoms with Crippen LogP contribution in [0, 0.1) is 6.92 Å². The number of hydrogen-bond donors (Lipinski definition) is 1. The van der Waals surface area contributed by atoms with Gasteiger partial charge in [-0.1, -0.05) is 0 Å². The highest BCUT2D eigenvalue weighted by molar-refractivity contribution is 5.95. The quantitative estimate of drug-likeness (QED) is 0.865. The number of halogens is 1. The number of aliphatic hydroxyl groups is 1. The molecule has 7 nitrogen and oxygen atoms in total. The first-order chi connectivity index (χ1) is 12.5. The zero-order valence-corrected chi connectivity index (χ0v) is 14.0. The van der Waals surface area contributed by atoms with Crippen LogP contribution in [0.4, 0.5) is 4.39 Å². The summed E-state index contributed by atoms with van der Waals surface area (Å²) >= 11 is 0. The molecule has 2 atom stereocenters. The Morgan fingerprint density at radius 2 is 2.00 bits per heavy atom. The van der Waals surface area contributed by atoms with Crippen LogP contribution in [0.15, 0.2) is 35.3 Å². The summed E-state index contributed by atoms with van der Waals surface area (Å²) in [5.41, 5.74) is 0.476. The minimum atomic E-state index is -1.50. The Bertz CT molecular complexity index is 932. The second kappa shape index (κ2) is 6.14. The smallest absolute Gasteiger partial charge is 0.268 e. The second-order valence-corrected chi connectivity index (χ2v) is 6.38. The number of benzene rings is 1. The van der Waals surface area contributed by atoms with Crippen LogP contribution in [0.2, 0.25) is 0 Å². The number of carbonyl (C=O) groups excluding carboxylic acids is 1. The standard InChI is InChI=1S/C18H17FN2O5/c1-10-4-5-21(11-2-3-14-15(6-11)26-9-25-14)18(24)16(10)17(23)20-7-12(19)13(22)8-20/h2-6,12-13,22H,7-9H2,1H3/t12-,13-/m1/s1. The van der Waals surface area contributed by atoms with Crippen molar-refractivity contribution in [2.24, 2.45) is 0 Å². The van der Waals surface area contributed by atoms with Crippen molar-refractivity contribution in [3.63, 3.8) is 0 Å². The summed E-state index contributed by atoms with van der Waals surface area (Å²) in [6.45, 7) is 1.42. The molecule has 3 heterocycles. The summed E-state index contributed by atoms with van der Waals surface area (Å²) in [4.78, 5) is 26.8. The fourth-order valence-electron chi connectivity index (χ4n) is 3.20. The maximum Gasteiger partial charge on any atom is 0.268 e. The average molecular weight is 360 g/mol. The average Bonchev–Trinajstić information content (AvgIpc) is 3.21. The predicted octanol–water partition coefficient (Wildman–Crippen LogP) is 1.03. The molecule has 1 fully saturated rings. The van der Waals surface area contributed by atoms with Crippen LogP contribution >= 0.6 is 0 Å². The van der Waals surface area contributed by atoms with E-state index in [1.165, 1.54) is 9.47 Å². The summed E-state index contributed by atoms with van der Waals surface area (Å²) < 4.78 is 25.5. The van der Waals surface area contributed by atoms with Gasteiger partial charge in [0, 0.05) is 18.8 Å². The Morgan fingerprint density at radius 1 is 1.23 bits per heavy atom. The van der Waals surface area contributed by atoms with Crippen LogP contribution in [-0.2, 0) is 0 Å². The highest BCUT2D eigenvalue weighted by Gasteiger charge is 2.35. The zero-order chi connectivity index (χ0) is 18.4. The highest BCUT2D eigenvalue weighted by atomic mass is 19.1. The lowest BCUT2D eigenvalue weighted by Gasteiger charge is -2.17. The van der Waals surface area contributed by atoms with E-state index in [0.29, 0.717) is 22.7 Å². The lowest BCUT2D eigenvalue weighted by atomic mass is 10.1. The number of likely N-dealkylation sites (tertiary alicyclic amines) is 1. The van der Waals surface area contributed by atoms with Crippen molar-refractivity contribution in [2.45, 2.75) is 19.2 Å². The number of aromatic nitrogens is 1. The van der Waals surface area contributed by atoms with Crippen LogP contribution in [0.5, 0.6) is 11.5 Å². The first-order valence-corrected chi connectivity index (χ1v) is 8.19. The second-order valence-electron chi connectivity index (χ2n) is 6.38. The third-order valence-electron chi connectivity index (χ3n) is 4.66. The summed E-state index contributed by atoms with van der Waals surface area (Å²) in [6, 6.07) is 6.69. The Balaban J connectivity index is 1.74. The SMILES string of the molecule is Cc1ccn(-c2ccc3c(c2)OCO3)c(=O)c1C(=O)N1C[C@@H](O)[C@H](F)C1. The van der Waals surface area contributed by atoms with Crippen LogP contribution in [-0.4, -0.2) is 52.6 Å². The van der Waals surface area contributed by atoms with Crippen LogP contribution in [0.25, 0.3) is 5.69 Å². The molecular formula is C18H17FN2O5. The molecular weight excluding hydrogens is 343 g/mol. The minimum absolute atomic E-state index is 0.0357. The molecule has 1 aromatic heterocycles. The number of pyridine rings is 1. The third kappa shape index (κ3) is 2.62. The van der Waals surface area contributed by atoms with E-state index in [4.69, 9.17) is 9.47 Å². The first-order valence-electron chi connectivity index (χ1n) is 8.19. The Labute approximate surface area is 148 Å². The van der Waals surface area contributed by atoms with E-state index in [0.717, 1.165) is 0 Å². The molecule has 136 valence electrons. The largest absolute Gasteiger partial charge is 0.454 e. The monoisotopic (exact) mass is 360 g/mol. The molecule has 0 radical (unpaired) electrons. The first kappa shape index (κ1) is 16.6. The van der Waals surface area contributed by atoms with E-state index in [9.17, 15) is 19.1 Å². The predicted molar refractivity (Wildman–Crippen MR) is 89.7 cm³/mol. The number of alkyl halides is 1. The van der Waals surface area contributed by atoms with Crippen molar-refractivity contribution in [3.05, 3.63) is 51.9 Å². The summed E-state index contributed by atoms with van der Waals surface area (Å²) in [5, 5.41) is 9.55. The van der Waals surface area contributed by atoms with Gasteiger partial charge in [-0.25, -0.2) is 4.39 Å². The van der Waals surface area contributed by atoms with Gasteiger partial charge in [0.1, 0.15) is 17.8 Å². The molecule has 2 aromatic rings. The zero-order valence-electron chi connectivity index (χ0n) is 14.0. The van der Waals surface area contributed by atoms with Crippen molar-refractivity contribution in [1.82, 2.24) is 9.47 Å². The molecule has 1 saturated heterocycles. The molecule has 1 N–H and O–H groups in total. The van der Waals surface area contributed by atoms with Gasteiger partial charge in [-0.05, 0) is 30.7 Å².